The van der Waals surface area contributed by atoms with Crippen molar-refractivity contribution in [3.63, 3.8) is 0 Å². The fourth-order valence-corrected chi connectivity index (χ4v) is 2.24. The maximum Gasteiger partial charge on any atom is 0.0723 e. The first-order chi connectivity index (χ1) is 9.83. The summed E-state index contributed by atoms with van der Waals surface area (Å²) >= 11 is 0. The highest BCUT2D eigenvalue weighted by Gasteiger charge is 2.03. The lowest BCUT2D eigenvalue weighted by Crippen LogP contribution is -1.99. The van der Waals surface area contributed by atoms with Crippen LogP contribution >= 0.6 is 0 Å². The molecule has 0 atom stereocenters. The monoisotopic (exact) mass is 266 g/mol. The van der Waals surface area contributed by atoms with Crippen molar-refractivity contribution < 1.29 is 4.74 Å². The Morgan fingerprint density at radius 2 is 1.60 bits per heavy atom. The molecule has 1 nitrogen and oxygen atoms in total. The minimum absolute atomic E-state index is 0.597. The summed E-state index contributed by atoms with van der Waals surface area (Å²) in [6, 6.07) is 17.3. The van der Waals surface area contributed by atoms with Gasteiger partial charge < -0.3 is 4.74 Å². The first-order valence-corrected chi connectivity index (χ1v) is 7.16. The number of benzene rings is 2. The second kappa shape index (κ2) is 7.66. The largest absolute Gasteiger partial charge is 0.373 e. The van der Waals surface area contributed by atoms with Gasteiger partial charge in [0, 0.05) is 0 Å². The summed E-state index contributed by atoms with van der Waals surface area (Å²) in [5, 5.41) is 0. The quantitative estimate of drug-likeness (QED) is 0.528. The van der Waals surface area contributed by atoms with E-state index in [-0.39, 0.29) is 0 Å². The standard InChI is InChI=1S/C19H22O/c1-3-13-20-15-19-8-6-5-7-18(19)14-17-11-9-16(4-2)10-12-17/h3,5-12H,1,4,13-15H2,2H3. The Morgan fingerprint density at radius 3 is 2.25 bits per heavy atom. The number of hydrogen-bond donors (Lipinski definition) is 0. The summed E-state index contributed by atoms with van der Waals surface area (Å²) in [6.45, 7) is 7.10. The van der Waals surface area contributed by atoms with Crippen LogP contribution in [0.3, 0.4) is 0 Å². The Labute approximate surface area is 121 Å². The van der Waals surface area contributed by atoms with Crippen LogP contribution < -0.4 is 0 Å². The van der Waals surface area contributed by atoms with E-state index in [0.717, 1.165) is 12.8 Å². The lowest BCUT2D eigenvalue weighted by molar-refractivity contribution is 0.148. The summed E-state index contributed by atoms with van der Waals surface area (Å²) in [7, 11) is 0. The lowest BCUT2D eigenvalue weighted by atomic mass is 9.99. The lowest BCUT2D eigenvalue weighted by Gasteiger charge is -2.10. The van der Waals surface area contributed by atoms with Crippen molar-refractivity contribution in [1.82, 2.24) is 0 Å². The van der Waals surface area contributed by atoms with Gasteiger partial charge in [0.15, 0.2) is 0 Å². The summed E-state index contributed by atoms with van der Waals surface area (Å²) in [5.41, 5.74) is 5.32. The zero-order chi connectivity index (χ0) is 14.2. The molecule has 0 fully saturated rings. The van der Waals surface area contributed by atoms with Gasteiger partial charge in [-0.3, -0.25) is 0 Å². The van der Waals surface area contributed by atoms with E-state index < -0.39 is 0 Å². The van der Waals surface area contributed by atoms with Crippen LogP contribution in [-0.2, 0) is 24.2 Å². The van der Waals surface area contributed by atoms with Crippen molar-refractivity contribution >= 4 is 0 Å². The number of ether oxygens (including phenoxy) is 1. The van der Waals surface area contributed by atoms with E-state index in [0.29, 0.717) is 13.2 Å². The van der Waals surface area contributed by atoms with Gasteiger partial charge in [-0.2, -0.15) is 0 Å². The van der Waals surface area contributed by atoms with Gasteiger partial charge in [-0.25, -0.2) is 0 Å². The molecule has 104 valence electrons. The molecule has 1 heteroatoms. The van der Waals surface area contributed by atoms with Gasteiger partial charge in [0.25, 0.3) is 0 Å². The third-order valence-corrected chi connectivity index (χ3v) is 3.44. The third kappa shape index (κ3) is 4.07. The highest BCUT2D eigenvalue weighted by atomic mass is 16.5. The van der Waals surface area contributed by atoms with Crippen LogP contribution in [0.5, 0.6) is 0 Å². The molecule has 0 aliphatic rings. The summed E-state index contributed by atoms with van der Waals surface area (Å²) < 4.78 is 5.57. The van der Waals surface area contributed by atoms with E-state index in [2.05, 4.69) is 62.0 Å². The molecule has 20 heavy (non-hydrogen) atoms. The van der Waals surface area contributed by atoms with Gasteiger partial charge in [-0.05, 0) is 35.1 Å². The van der Waals surface area contributed by atoms with Crippen molar-refractivity contribution in [2.75, 3.05) is 6.61 Å². The average Bonchev–Trinajstić information content (AvgIpc) is 2.50. The first-order valence-electron chi connectivity index (χ1n) is 7.16. The minimum atomic E-state index is 0.597. The SMILES string of the molecule is C=CCOCc1ccccc1Cc1ccc(CC)cc1. The normalized spacial score (nSPS) is 10.4. The molecule has 0 N–H and O–H groups in total. The minimum Gasteiger partial charge on any atom is -0.373 e. The predicted octanol–water partition coefficient (Wildman–Crippen LogP) is 4.54. The molecule has 0 saturated heterocycles. The molecule has 0 aliphatic carbocycles. The molecule has 0 spiro atoms. The van der Waals surface area contributed by atoms with Crippen LogP contribution in [0.15, 0.2) is 61.2 Å². The van der Waals surface area contributed by atoms with Crippen molar-refractivity contribution in [3.8, 4) is 0 Å². The molecular weight excluding hydrogens is 244 g/mol. The molecule has 0 saturated carbocycles. The Morgan fingerprint density at radius 1 is 0.950 bits per heavy atom. The highest BCUT2D eigenvalue weighted by Crippen LogP contribution is 2.16. The number of rotatable bonds is 7. The van der Waals surface area contributed by atoms with E-state index in [4.69, 9.17) is 4.74 Å². The second-order valence-corrected chi connectivity index (χ2v) is 4.92. The molecule has 0 bridgehead atoms. The van der Waals surface area contributed by atoms with Crippen LogP contribution in [0.2, 0.25) is 0 Å². The molecule has 2 aromatic carbocycles. The predicted molar refractivity (Wildman–Crippen MR) is 84.9 cm³/mol. The fourth-order valence-electron chi connectivity index (χ4n) is 2.24. The topological polar surface area (TPSA) is 9.23 Å². The van der Waals surface area contributed by atoms with E-state index >= 15 is 0 Å². The van der Waals surface area contributed by atoms with E-state index in [1.165, 1.54) is 22.3 Å². The molecule has 2 rings (SSSR count). The van der Waals surface area contributed by atoms with Crippen LogP contribution in [0.4, 0.5) is 0 Å². The fraction of sp³-hybridized carbons (Fsp3) is 0.263. The third-order valence-electron chi connectivity index (χ3n) is 3.44. The van der Waals surface area contributed by atoms with Crippen molar-refractivity contribution in [3.05, 3.63) is 83.4 Å². The van der Waals surface area contributed by atoms with Crippen LogP contribution in [-0.4, -0.2) is 6.61 Å². The second-order valence-electron chi connectivity index (χ2n) is 4.92. The van der Waals surface area contributed by atoms with Gasteiger partial charge in [-0.1, -0.05) is 61.5 Å². The molecule has 2 aromatic rings. The van der Waals surface area contributed by atoms with E-state index in [1.807, 2.05) is 0 Å². The maximum atomic E-state index is 5.57. The van der Waals surface area contributed by atoms with Gasteiger partial charge >= 0.3 is 0 Å². The summed E-state index contributed by atoms with van der Waals surface area (Å²) in [6.07, 6.45) is 3.83. The van der Waals surface area contributed by atoms with Gasteiger partial charge in [0.1, 0.15) is 0 Å². The zero-order valence-electron chi connectivity index (χ0n) is 12.1. The molecule has 0 heterocycles. The van der Waals surface area contributed by atoms with E-state index in [1.54, 1.807) is 6.08 Å². The Bertz CT molecular complexity index is 540. The molecule has 0 aromatic heterocycles. The molecule has 0 unspecified atom stereocenters. The van der Waals surface area contributed by atoms with Gasteiger partial charge in [0.2, 0.25) is 0 Å². The number of hydrogen-bond acceptors (Lipinski definition) is 1. The molecule has 0 amide bonds. The van der Waals surface area contributed by atoms with Crippen molar-refractivity contribution in [1.29, 1.82) is 0 Å². The van der Waals surface area contributed by atoms with Crippen molar-refractivity contribution in [2.24, 2.45) is 0 Å². The molecule has 0 aliphatic heterocycles. The van der Waals surface area contributed by atoms with Crippen LogP contribution in [0, 0.1) is 0 Å². The molecule has 0 radical (unpaired) electrons. The van der Waals surface area contributed by atoms with Crippen LogP contribution in [0.1, 0.15) is 29.2 Å². The Hall–Kier alpha value is -1.86. The van der Waals surface area contributed by atoms with Gasteiger partial charge in [0.05, 0.1) is 13.2 Å². The molecular formula is C19H22O. The average molecular weight is 266 g/mol. The van der Waals surface area contributed by atoms with E-state index in [9.17, 15) is 0 Å². The maximum absolute atomic E-state index is 5.57. The zero-order valence-corrected chi connectivity index (χ0v) is 12.1. The summed E-state index contributed by atoms with van der Waals surface area (Å²) in [5.74, 6) is 0. The summed E-state index contributed by atoms with van der Waals surface area (Å²) in [4.78, 5) is 0. The van der Waals surface area contributed by atoms with Gasteiger partial charge in [-0.15, -0.1) is 6.58 Å². The first kappa shape index (κ1) is 14.5. The Kier molecular flexibility index (Phi) is 5.57. The smallest absolute Gasteiger partial charge is 0.0723 e. The highest BCUT2D eigenvalue weighted by molar-refractivity contribution is 5.33. The Balaban J connectivity index is 2.09. The van der Waals surface area contributed by atoms with Crippen molar-refractivity contribution in [2.45, 2.75) is 26.4 Å². The number of aryl methyl sites for hydroxylation is 1. The van der Waals surface area contributed by atoms with Crippen LogP contribution in [0.25, 0.3) is 0 Å².